The van der Waals surface area contributed by atoms with Gasteiger partial charge < -0.3 is 9.80 Å². The number of nitriles is 1. The molecule has 0 radical (unpaired) electrons. The number of carbonyl (C=O) groups excluding carboxylic acids is 1. The van der Waals surface area contributed by atoms with E-state index in [0.717, 1.165) is 16.9 Å². The Hall–Kier alpha value is -4.49. The lowest BCUT2D eigenvalue weighted by molar-refractivity contribution is -0.112. The zero-order valence-electron chi connectivity index (χ0n) is 19.5. The van der Waals surface area contributed by atoms with Crippen LogP contribution in [0.1, 0.15) is 0 Å². The second kappa shape index (κ2) is 9.64. The molecule has 36 heavy (non-hydrogen) atoms. The van der Waals surface area contributed by atoms with E-state index < -0.39 is 0 Å². The Balaban J connectivity index is 1.47. The van der Waals surface area contributed by atoms with Crippen molar-refractivity contribution in [2.24, 2.45) is 0 Å². The summed E-state index contributed by atoms with van der Waals surface area (Å²) in [4.78, 5) is 21.0. The number of allylic oxidation sites excluding steroid dienone is 1. The van der Waals surface area contributed by atoms with Crippen LogP contribution >= 0.6 is 11.8 Å². The summed E-state index contributed by atoms with van der Waals surface area (Å²) in [7, 11) is 3.67. The minimum Gasteiger partial charge on any atom is -0.328 e. The van der Waals surface area contributed by atoms with E-state index in [-0.39, 0.29) is 22.9 Å². The molecule has 0 amide bonds. The first-order chi connectivity index (χ1) is 17.5. The molecule has 1 aliphatic heterocycles. The van der Waals surface area contributed by atoms with Gasteiger partial charge in [0.25, 0.3) is 0 Å². The fraction of sp³-hybridized carbons (Fsp3) is 0.115. The molecule has 1 aliphatic rings. The zero-order chi connectivity index (χ0) is 25.2. The van der Waals surface area contributed by atoms with Crippen molar-refractivity contribution >= 4 is 28.9 Å². The van der Waals surface area contributed by atoms with Crippen LogP contribution in [-0.4, -0.2) is 45.4 Å². The topological polar surface area (TPSA) is 90.9 Å². The summed E-state index contributed by atoms with van der Waals surface area (Å²) in [6.07, 6.45) is 3.29. The van der Waals surface area contributed by atoms with Crippen LogP contribution in [0, 0.1) is 17.1 Å². The molecule has 10 heteroatoms. The first-order valence-corrected chi connectivity index (χ1v) is 12.0. The van der Waals surface area contributed by atoms with Gasteiger partial charge in [-0.3, -0.25) is 14.3 Å². The normalized spacial score (nSPS) is 12.4. The van der Waals surface area contributed by atoms with E-state index in [2.05, 4.69) is 21.3 Å². The van der Waals surface area contributed by atoms with Crippen LogP contribution in [0.4, 0.5) is 15.8 Å². The monoisotopic (exact) mass is 497 g/mol. The predicted molar refractivity (Wildman–Crippen MR) is 136 cm³/mol. The van der Waals surface area contributed by atoms with E-state index >= 15 is 0 Å². The number of pyridine rings is 1. The fourth-order valence-corrected chi connectivity index (χ4v) is 4.96. The third kappa shape index (κ3) is 4.10. The largest absolute Gasteiger partial charge is 0.328 e. The minimum atomic E-state index is -0.363. The molecule has 0 saturated heterocycles. The van der Waals surface area contributed by atoms with Gasteiger partial charge in [0.2, 0.25) is 0 Å². The molecule has 8 nitrogen and oxygen atoms in total. The molecular formula is C26H20FN7OS. The second-order valence-electron chi connectivity index (χ2n) is 7.98. The molecule has 3 heterocycles. The number of hydrogen-bond donors (Lipinski definition) is 0. The molecule has 5 rings (SSSR count). The molecule has 0 N–H and O–H groups in total. The Morgan fingerprint density at radius 1 is 0.972 bits per heavy atom. The lowest BCUT2D eigenvalue weighted by Gasteiger charge is -2.19. The number of anilines is 2. The molecule has 2 aromatic carbocycles. The van der Waals surface area contributed by atoms with Crippen molar-refractivity contribution in [1.82, 2.24) is 19.7 Å². The Morgan fingerprint density at radius 2 is 1.61 bits per heavy atom. The van der Waals surface area contributed by atoms with Crippen LogP contribution < -0.4 is 9.80 Å². The molecule has 2 aromatic heterocycles. The van der Waals surface area contributed by atoms with E-state index in [1.807, 2.05) is 48.2 Å². The molecule has 0 atom stereocenters. The molecule has 0 unspecified atom stereocenters. The molecule has 0 bridgehead atoms. The van der Waals surface area contributed by atoms with Gasteiger partial charge in [0, 0.05) is 37.7 Å². The number of hydrogen-bond acceptors (Lipinski definition) is 8. The highest BCUT2D eigenvalue weighted by Gasteiger charge is 2.31. The third-order valence-electron chi connectivity index (χ3n) is 5.84. The van der Waals surface area contributed by atoms with Gasteiger partial charge in [0.1, 0.15) is 23.3 Å². The van der Waals surface area contributed by atoms with Gasteiger partial charge in [0.15, 0.2) is 16.8 Å². The lowest BCUT2D eigenvalue weighted by atomic mass is 10.2. The molecule has 178 valence electrons. The number of nitrogens with zero attached hydrogens (tertiary/aromatic N) is 7. The summed E-state index contributed by atoms with van der Waals surface area (Å²) in [6, 6.07) is 19.4. The van der Waals surface area contributed by atoms with Crippen molar-refractivity contribution in [2.45, 2.75) is 5.16 Å². The van der Waals surface area contributed by atoms with E-state index in [1.165, 1.54) is 23.9 Å². The van der Waals surface area contributed by atoms with Crippen LogP contribution in [0.15, 0.2) is 89.6 Å². The smallest absolute Gasteiger partial charge is 0.196 e. The number of para-hydroxylation sites is 2. The van der Waals surface area contributed by atoms with Gasteiger partial charge in [-0.2, -0.15) is 5.26 Å². The fourth-order valence-electron chi connectivity index (χ4n) is 4.13. The second-order valence-corrected chi connectivity index (χ2v) is 8.93. The van der Waals surface area contributed by atoms with Gasteiger partial charge >= 0.3 is 0 Å². The highest BCUT2D eigenvalue weighted by Crippen LogP contribution is 2.40. The van der Waals surface area contributed by atoms with Crippen LogP contribution in [0.25, 0.3) is 17.1 Å². The molecule has 4 aromatic rings. The highest BCUT2D eigenvalue weighted by atomic mass is 32.2. The van der Waals surface area contributed by atoms with Crippen molar-refractivity contribution in [2.75, 3.05) is 29.6 Å². The van der Waals surface area contributed by atoms with Gasteiger partial charge in [-0.15, -0.1) is 10.2 Å². The quantitative estimate of drug-likeness (QED) is 0.219. The van der Waals surface area contributed by atoms with Crippen LogP contribution in [0.5, 0.6) is 0 Å². The Morgan fingerprint density at radius 3 is 2.22 bits per heavy atom. The average Bonchev–Trinajstić information content (AvgIpc) is 3.44. The predicted octanol–water partition coefficient (Wildman–Crippen LogP) is 4.45. The number of thioether (sulfide) groups is 1. The molecular weight excluding hydrogens is 477 g/mol. The average molecular weight is 498 g/mol. The van der Waals surface area contributed by atoms with E-state index in [1.54, 1.807) is 41.2 Å². The SMILES string of the molecule is CN1C(=C(C#N)C(=O)CSc2nnc(-c3ccncc3)n2-c2ccc(F)cc2)N(C)c2ccccc21. The Bertz CT molecular complexity index is 1480. The number of benzene rings is 2. The summed E-state index contributed by atoms with van der Waals surface area (Å²) in [5, 5.41) is 19.0. The van der Waals surface area contributed by atoms with E-state index in [0.29, 0.717) is 22.5 Å². The number of aromatic nitrogens is 4. The van der Waals surface area contributed by atoms with Crippen LogP contribution in [0.3, 0.4) is 0 Å². The summed E-state index contributed by atoms with van der Waals surface area (Å²) < 4.78 is 15.4. The van der Waals surface area contributed by atoms with Crippen molar-refractivity contribution in [1.29, 1.82) is 5.26 Å². The standard InChI is InChI=1S/C26H20FN7OS/c1-32-21-5-3-4-6-22(21)33(2)25(32)20(15-28)23(35)16-36-26-31-30-24(17-11-13-29-14-12-17)34(26)19-9-7-18(27)8-10-19/h3-14H,16H2,1-2H3. The first-order valence-electron chi connectivity index (χ1n) is 11.0. The number of ketones is 1. The van der Waals surface area contributed by atoms with Gasteiger partial charge in [-0.25, -0.2) is 4.39 Å². The summed E-state index contributed by atoms with van der Waals surface area (Å²) in [5.41, 5.74) is 3.31. The lowest BCUT2D eigenvalue weighted by Crippen LogP contribution is -2.26. The summed E-state index contributed by atoms with van der Waals surface area (Å²) in [5.74, 6) is 0.339. The molecule has 0 saturated carbocycles. The molecule has 0 aliphatic carbocycles. The number of rotatable bonds is 6. The van der Waals surface area contributed by atoms with Crippen molar-refractivity contribution < 1.29 is 9.18 Å². The van der Waals surface area contributed by atoms with Crippen LogP contribution in [0.2, 0.25) is 0 Å². The zero-order valence-corrected chi connectivity index (χ0v) is 20.3. The van der Waals surface area contributed by atoms with Gasteiger partial charge in [0.05, 0.1) is 17.1 Å². The number of halogens is 1. The maximum atomic E-state index is 13.6. The number of fused-ring (bicyclic) bond motifs is 1. The van der Waals surface area contributed by atoms with E-state index in [9.17, 15) is 14.4 Å². The van der Waals surface area contributed by atoms with Crippen molar-refractivity contribution in [3.05, 3.63) is 90.3 Å². The molecule has 0 fully saturated rings. The maximum Gasteiger partial charge on any atom is 0.196 e. The minimum absolute atomic E-state index is 0.0277. The van der Waals surface area contributed by atoms with Gasteiger partial charge in [-0.05, 0) is 48.5 Å². The van der Waals surface area contributed by atoms with E-state index in [4.69, 9.17) is 0 Å². The number of Topliss-reactive ketones (excluding diaryl/α,β-unsaturated/α-hetero) is 1. The maximum absolute atomic E-state index is 13.6. The van der Waals surface area contributed by atoms with Gasteiger partial charge in [-0.1, -0.05) is 23.9 Å². The number of carbonyl (C=O) groups is 1. The first kappa shape index (κ1) is 23.3. The molecule has 0 spiro atoms. The summed E-state index contributed by atoms with van der Waals surface area (Å²) >= 11 is 1.17. The van der Waals surface area contributed by atoms with Crippen molar-refractivity contribution in [3.8, 4) is 23.1 Å². The van der Waals surface area contributed by atoms with Crippen molar-refractivity contribution in [3.63, 3.8) is 0 Å². The third-order valence-corrected chi connectivity index (χ3v) is 6.77. The summed E-state index contributed by atoms with van der Waals surface area (Å²) in [6.45, 7) is 0. The Labute approximate surface area is 211 Å². The highest BCUT2D eigenvalue weighted by molar-refractivity contribution is 7.99. The Kier molecular flexibility index (Phi) is 6.23. The van der Waals surface area contributed by atoms with Crippen LogP contribution in [-0.2, 0) is 4.79 Å².